The highest BCUT2D eigenvalue weighted by molar-refractivity contribution is 8.00. The van der Waals surface area contributed by atoms with E-state index in [9.17, 15) is 9.59 Å². The molecule has 114 valence electrons. The van der Waals surface area contributed by atoms with Crippen LogP contribution in [0, 0.1) is 0 Å². The highest BCUT2D eigenvalue weighted by atomic mass is 32.2. The lowest BCUT2D eigenvalue weighted by Crippen LogP contribution is -2.44. The predicted octanol–water partition coefficient (Wildman–Crippen LogP) is 0.684. The van der Waals surface area contributed by atoms with Crippen LogP contribution in [0.15, 0.2) is 0 Å². The summed E-state index contributed by atoms with van der Waals surface area (Å²) >= 11 is 1.94. The van der Waals surface area contributed by atoms with E-state index in [0.717, 1.165) is 19.5 Å². The fourth-order valence-electron chi connectivity index (χ4n) is 2.64. The van der Waals surface area contributed by atoms with E-state index in [1.165, 1.54) is 18.6 Å². The Bertz CT molecular complexity index is 348. The normalized spacial score (nSPS) is 24.4. The Morgan fingerprint density at radius 3 is 2.75 bits per heavy atom. The van der Waals surface area contributed by atoms with Gasteiger partial charge in [-0.05, 0) is 25.0 Å². The van der Waals surface area contributed by atoms with Crippen molar-refractivity contribution in [2.24, 2.45) is 0 Å². The lowest BCUT2D eigenvalue weighted by Gasteiger charge is -2.22. The maximum atomic E-state index is 12.1. The Morgan fingerprint density at radius 1 is 1.20 bits per heavy atom. The molecule has 0 spiro atoms. The second kappa shape index (κ2) is 7.73. The van der Waals surface area contributed by atoms with Gasteiger partial charge >= 0.3 is 12.0 Å². The van der Waals surface area contributed by atoms with Crippen LogP contribution < -0.4 is 5.32 Å². The molecule has 0 aliphatic carbocycles. The van der Waals surface area contributed by atoms with E-state index >= 15 is 0 Å². The molecule has 2 aliphatic heterocycles. The van der Waals surface area contributed by atoms with Gasteiger partial charge in [-0.1, -0.05) is 0 Å². The first-order valence-corrected chi connectivity index (χ1v) is 8.28. The van der Waals surface area contributed by atoms with Crippen LogP contribution in [0.2, 0.25) is 0 Å². The van der Waals surface area contributed by atoms with Crippen LogP contribution in [-0.4, -0.2) is 77.2 Å². The number of carbonyl (C=O) groups is 2. The van der Waals surface area contributed by atoms with Crippen molar-refractivity contribution in [1.29, 1.82) is 0 Å². The van der Waals surface area contributed by atoms with Crippen molar-refractivity contribution in [3.05, 3.63) is 0 Å². The van der Waals surface area contributed by atoms with E-state index in [1.807, 2.05) is 21.6 Å². The second-order valence-electron chi connectivity index (χ2n) is 5.33. The molecule has 0 saturated carbocycles. The van der Waals surface area contributed by atoms with Crippen molar-refractivity contribution < 1.29 is 14.7 Å². The van der Waals surface area contributed by atoms with E-state index in [1.54, 1.807) is 0 Å². The summed E-state index contributed by atoms with van der Waals surface area (Å²) in [4.78, 5) is 26.5. The summed E-state index contributed by atoms with van der Waals surface area (Å²) < 4.78 is 0. The average Bonchev–Trinajstić information content (AvgIpc) is 2.82. The highest BCUT2D eigenvalue weighted by Crippen LogP contribution is 2.25. The lowest BCUT2D eigenvalue weighted by atomic mass is 10.2. The highest BCUT2D eigenvalue weighted by Gasteiger charge is 2.22. The van der Waals surface area contributed by atoms with Crippen molar-refractivity contribution >= 4 is 23.8 Å². The molecule has 20 heavy (non-hydrogen) atoms. The molecule has 1 unspecified atom stereocenters. The van der Waals surface area contributed by atoms with Gasteiger partial charge in [-0.25, -0.2) is 4.79 Å². The molecule has 2 saturated heterocycles. The molecule has 0 aromatic rings. The van der Waals surface area contributed by atoms with Gasteiger partial charge in [0.1, 0.15) is 0 Å². The first-order chi connectivity index (χ1) is 9.65. The molecule has 0 aromatic carbocycles. The first-order valence-electron chi connectivity index (χ1n) is 7.23. The van der Waals surface area contributed by atoms with Gasteiger partial charge in [-0.3, -0.25) is 9.69 Å². The number of rotatable bonds is 4. The molecule has 2 fully saturated rings. The number of amides is 2. The number of carboxylic acid groups (broad SMARTS) is 1. The van der Waals surface area contributed by atoms with Gasteiger partial charge in [0, 0.05) is 38.0 Å². The number of thioether (sulfide) groups is 1. The number of hydrogen-bond acceptors (Lipinski definition) is 4. The molecular weight excluding hydrogens is 278 g/mol. The first kappa shape index (κ1) is 15.4. The average molecular weight is 301 g/mol. The van der Waals surface area contributed by atoms with Crippen molar-refractivity contribution in [2.75, 3.05) is 45.0 Å². The molecule has 2 aliphatic rings. The van der Waals surface area contributed by atoms with Crippen LogP contribution in [0.5, 0.6) is 0 Å². The summed E-state index contributed by atoms with van der Waals surface area (Å²) in [6.07, 6.45) is 3.27. The molecule has 2 rings (SSSR count). The molecule has 2 N–H and O–H groups in total. The molecule has 2 heterocycles. The van der Waals surface area contributed by atoms with Gasteiger partial charge in [0.05, 0.1) is 6.54 Å². The smallest absolute Gasteiger partial charge is 0.317 e. The second-order valence-corrected chi connectivity index (χ2v) is 6.74. The van der Waals surface area contributed by atoms with Gasteiger partial charge < -0.3 is 15.3 Å². The van der Waals surface area contributed by atoms with E-state index in [-0.39, 0.29) is 12.6 Å². The Labute approximate surface area is 123 Å². The third-order valence-corrected chi connectivity index (χ3v) is 5.14. The third kappa shape index (κ3) is 4.86. The van der Waals surface area contributed by atoms with Crippen LogP contribution in [-0.2, 0) is 4.79 Å². The maximum absolute atomic E-state index is 12.1. The minimum atomic E-state index is -0.804. The largest absolute Gasteiger partial charge is 0.480 e. The Hall–Kier alpha value is -0.950. The van der Waals surface area contributed by atoms with Crippen molar-refractivity contribution in [1.82, 2.24) is 15.1 Å². The van der Waals surface area contributed by atoms with Gasteiger partial charge in [0.2, 0.25) is 0 Å². The number of carboxylic acids is 1. The number of aliphatic carboxylic acids is 1. The topological polar surface area (TPSA) is 72.9 Å². The van der Waals surface area contributed by atoms with E-state index in [4.69, 9.17) is 5.11 Å². The minimum Gasteiger partial charge on any atom is -0.480 e. The van der Waals surface area contributed by atoms with Crippen LogP contribution in [0.4, 0.5) is 4.79 Å². The Kier molecular flexibility index (Phi) is 5.97. The van der Waals surface area contributed by atoms with Crippen molar-refractivity contribution in [3.63, 3.8) is 0 Å². The van der Waals surface area contributed by atoms with E-state index < -0.39 is 5.97 Å². The monoisotopic (exact) mass is 301 g/mol. The zero-order valence-corrected chi connectivity index (χ0v) is 12.5. The van der Waals surface area contributed by atoms with Crippen molar-refractivity contribution in [2.45, 2.75) is 24.5 Å². The molecule has 0 bridgehead atoms. The molecule has 0 aromatic heterocycles. The maximum Gasteiger partial charge on any atom is 0.317 e. The predicted molar refractivity (Wildman–Crippen MR) is 79.1 cm³/mol. The van der Waals surface area contributed by atoms with Gasteiger partial charge in [-0.2, -0.15) is 11.8 Å². The summed E-state index contributed by atoms with van der Waals surface area (Å²) in [5, 5.41) is 12.4. The SMILES string of the molecule is O=C(O)CN1CCCN(C(=O)NCC2CCCS2)CC1. The lowest BCUT2D eigenvalue weighted by molar-refractivity contribution is -0.138. The zero-order chi connectivity index (χ0) is 14.4. The summed E-state index contributed by atoms with van der Waals surface area (Å²) in [6.45, 7) is 3.51. The van der Waals surface area contributed by atoms with E-state index in [2.05, 4.69) is 5.32 Å². The molecule has 6 nitrogen and oxygen atoms in total. The van der Waals surface area contributed by atoms with Gasteiger partial charge in [0.25, 0.3) is 0 Å². The standard InChI is InChI=1S/C13H23N3O3S/c17-12(18)10-15-4-2-5-16(7-6-15)13(19)14-9-11-3-1-8-20-11/h11H,1-10H2,(H,14,19)(H,17,18). The quantitative estimate of drug-likeness (QED) is 0.799. The summed E-state index contributed by atoms with van der Waals surface area (Å²) in [5.74, 6) is 0.398. The summed E-state index contributed by atoms with van der Waals surface area (Å²) in [5.41, 5.74) is 0. The number of nitrogens with one attached hydrogen (secondary N) is 1. The Balaban J connectivity index is 1.71. The summed E-state index contributed by atoms with van der Waals surface area (Å²) in [6, 6.07) is -0.00493. The fraction of sp³-hybridized carbons (Fsp3) is 0.846. The Morgan fingerprint density at radius 2 is 2.05 bits per heavy atom. The fourth-order valence-corrected chi connectivity index (χ4v) is 3.84. The number of urea groups is 1. The van der Waals surface area contributed by atoms with Gasteiger partial charge in [0.15, 0.2) is 0 Å². The summed E-state index contributed by atoms with van der Waals surface area (Å²) in [7, 11) is 0. The molecular formula is C13H23N3O3S. The van der Waals surface area contributed by atoms with E-state index in [0.29, 0.717) is 24.9 Å². The van der Waals surface area contributed by atoms with Crippen LogP contribution in [0.25, 0.3) is 0 Å². The number of carbonyl (C=O) groups excluding carboxylic acids is 1. The van der Waals surface area contributed by atoms with Gasteiger partial charge in [-0.15, -0.1) is 0 Å². The number of nitrogens with zero attached hydrogens (tertiary/aromatic N) is 2. The van der Waals surface area contributed by atoms with Crippen LogP contribution in [0.1, 0.15) is 19.3 Å². The zero-order valence-electron chi connectivity index (χ0n) is 11.7. The van der Waals surface area contributed by atoms with Crippen molar-refractivity contribution in [3.8, 4) is 0 Å². The minimum absolute atomic E-state index is 0.00493. The molecule has 7 heteroatoms. The number of hydrogen-bond donors (Lipinski definition) is 2. The van der Waals surface area contributed by atoms with Crippen LogP contribution in [0.3, 0.4) is 0 Å². The molecule has 1 atom stereocenters. The van der Waals surface area contributed by atoms with Crippen LogP contribution >= 0.6 is 11.8 Å². The molecule has 0 radical (unpaired) electrons. The third-order valence-electron chi connectivity index (χ3n) is 3.74. The molecule has 2 amide bonds.